The Morgan fingerprint density at radius 1 is 0.895 bits per heavy atom. The molecule has 0 saturated heterocycles. The molecule has 19 heavy (non-hydrogen) atoms. The maximum absolute atomic E-state index is 6.21. The number of halogens is 4. The smallest absolute Gasteiger partial charge is 0.121 e. The summed E-state index contributed by atoms with van der Waals surface area (Å²) in [6, 6.07) is 8.80. The molecular formula is C14H10Cl4O. The number of hydrogen-bond acceptors (Lipinski definition) is 1. The Kier molecular flexibility index (Phi) is 4.86. The summed E-state index contributed by atoms with van der Waals surface area (Å²) in [6.07, 6.45) is 0.539. The van der Waals surface area contributed by atoms with Crippen LogP contribution in [0.25, 0.3) is 0 Å². The molecule has 0 aliphatic rings. The second kappa shape index (κ2) is 6.23. The van der Waals surface area contributed by atoms with Crippen molar-refractivity contribution >= 4 is 46.4 Å². The van der Waals surface area contributed by atoms with Crippen LogP contribution in [-0.2, 0) is 6.42 Å². The van der Waals surface area contributed by atoms with Gasteiger partial charge in [0.1, 0.15) is 5.75 Å². The summed E-state index contributed by atoms with van der Waals surface area (Å²) in [5.41, 5.74) is 1.73. The van der Waals surface area contributed by atoms with Crippen LogP contribution in [0.4, 0.5) is 0 Å². The molecule has 0 radical (unpaired) electrons. The summed E-state index contributed by atoms with van der Waals surface area (Å²) in [5, 5.41) is 2.29. The van der Waals surface area contributed by atoms with E-state index < -0.39 is 0 Å². The standard InChI is InChI=1S/C14H10Cl4O/c1-19-10-6-13(17)11(14(18)7-10)4-8-2-3-9(15)5-12(8)16/h2-3,5-7H,4H2,1H3. The topological polar surface area (TPSA) is 9.23 Å². The fourth-order valence-electron chi connectivity index (χ4n) is 1.72. The zero-order chi connectivity index (χ0) is 14.0. The van der Waals surface area contributed by atoms with Crippen LogP contribution < -0.4 is 4.74 Å². The molecule has 2 rings (SSSR count). The molecule has 2 aromatic rings. The number of hydrogen-bond donors (Lipinski definition) is 0. The molecule has 0 bridgehead atoms. The third kappa shape index (κ3) is 3.49. The van der Waals surface area contributed by atoms with E-state index in [1.54, 1.807) is 31.4 Å². The van der Waals surface area contributed by atoms with Crippen molar-refractivity contribution in [1.82, 2.24) is 0 Å². The van der Waals surface area contributed by atoms with Crippen molar-refractivity contribution in [2.45, 2.75) is 6.42 Å². The van der Waals surface area contributed by atoms with Crippen molar-refractivity contribution in [3.05, 3.63) is 61.5 Å². The van der Waals surface area contributed by atoms with Crippen molar-refractivity contribution in [3.63, 3.8) is 0 Å². The zero-order valence-electron chi connectivity index (χ0n) is 10.0. The fraction of sp³-hybridized carbons (Fsp3) is 0.143. The highest BCUT2D eigenvalue weighted by atomic mass is 35.5. The zero-order valence-corrected chi connectivity index (χ0v) is 13.0. The average Bonchev–Trinajstić information content (AvgIpc) is 2.35. The Morgan fingerprint density at radius 2 is 1.53 bits per heavy atom. The Morgan fingerprint density at radius 3 is 2.05 bits per heavy atom. The van der Waals surface area contributed by atoms with Gasteiger partial charge in [-0.1, -0.05) is 52.5 Å². The summed E-state index contributed by atoms with van der Waals surface area (Å²) in [4.78, 5) is 0. The Labute approximate surface area is 132 Å². The molecule has 0 atom stereocenters. The van der Waals surface area contributed by atoms with Crippen LogP contribution in [-0.4, -0.2) is 7.11 Å². The lowest BCUT2D eigenvalue weighted by Crippen LogP contribution is -1.94. The molecule has 100 valence electrons. The van der Waals surface area contributed by atoms with E-state index in [-0.39, 0.29) is 0 Å². The van der Waals surface area contributed by atoms with Crippen LogP contribution in [0.2, 0.25) is 20.1 Å². The number of methoxy groups -OCH3 is 1. The molecule has 0 fully saturated rings. The molecule has 0 unspecified atom stereocenters. The molecule has 5 heteroatoms. The molecule has 0 aliphatic heterocycles. The van der Waals surface area contributed by atoms with Gasteiger partial charge in [0.15, 0.2) is 0 Å². The molecule has 2 aromatic carbocycles. The van der Waals surface area contributed by atoms with Gasteiger partial charge in [-0.05, 0) is 35.4 Å². The van der Waals surface area contributed by atoms with Gasteiger partial charge >= 0.3 is 0 Å². The molecule has 0 amide bonds. The summed E-state index contributed by atoms with van der Waals surface area (Å²) in [5.74, 6) is 0.626. The maximum Gasteiger partial charge on any atom is 0.121 e. The minimum Gasteiger partial charge on any atom is -0.497 e. The first-order valence-corrected chi connectivity index (χ1v) is 6.98. The van der Waals surface area contributed by atoms with Gasteiger partial charge < -0.3 is 4.74 Å². The summed E-state index contributed by atoms with van der Waals surface area (Å²) in [7, 11) is 1.57. The van der Waals surface area contributed by atoms with Gasteiger partial charge in [0.25, 0.3) is 0 Å². The number of rotatable bonds is 3. The largest absolute Gasteiger partial charge is 0.497 e. The molecular weight excluding hydrogens is 326 g/mol. The van der Waals surface area contributed by atoms with Crippen LogP contribution in [0.5, 0.6) is 5.75 Å². The first-order chi connectivity index (χ1) is 9.01. The summed E-state index contributed by atoms with van der Waals surface area (Å²) >= 11 is 24.4. The molecule has 0 spiro atoms. The highest BCUT2D eigenvalue weighted by Gasteiger charge is 2.11. The van der Waals surface area contributed by atoms with Crippen LogP contribution in [0.15, 0.2) is 30.3 Å². The molecule has 0 aromatic heterocycles. The van der Waals surface area contributed by atoms with Crippen molar-refractivity contribution < 1.29 is 4.74 Å². The quantitative estimate of drug-likeness (QED) is 0.678. The van der Waals surface area contributed by atoms with Crippen LogP contribution in [0, 0.1) is 0 Å². The average molecular weight is 336 g/mol. The number of benzene rings is 2. The van der Waals surface area contributed by atoms with Gasteiger partial charge in [-0.2, -0.15) is 0 Å². The van der Waals surface area contributed by atoms with Gasteiger partial charge in [-0.3, -0.25) is 0 Å². The Balaban J connectivity index is 2.38. The molecule has 0 aliphatic carbocycles. The lowest BCUT2D eigenvalue weighted by atomic mass is 10.0. The van der Waals surface area contributed by atoms with E-state index in [2.05, 4.69) is 0 Å². The highest BCUT2D eigenvalue weighted by Crippen LogP contribution is 2.33. The van der Waals surface area contributed by atoms with Crippen LogP contribution in [0.3, 0.4) is 0 Å². The first kappa shape index (κ1) is 14.8. The maximum atomic E-state index is 6.21. The minimum absolute atomic E-state index is 0.539. The van der Waals surface area contributed by atoms with Gasteiger partial charge in [0, 0.05) is 26.5 Å². The van der Waals surface area contributed by atoms with Crippen molar-refractivity contribution in [1.29, 1.82) is 0 Å². The highest BCUT2D eigenvalue weighted by molar-refractivity contribution is 6.37. The predicted molar refractivity (Wildman–Crippen MR) is 82.3 cm³/mol. The van der Waals surface area contributed by atoms with Crippen molar-refractivity contribution in [3.8, 4) is 5.75 Å². The Bertz CT molecular complexity index is 587. The van der Waals surface area contributed by atoms with Gasteiger partial charge in [0.2, 0.25) is 0 Å². The fourth-order valence-corrected chi connectivity index (χ4v) is 2.80. The predicted octanol–water partition coefficient (Wildman–Crippen LogP) is 5.90. The molecule has 0 saturated carbocycles. The van der Waals surface area contributed by atoms with Gasteiger partial charge in [0.05, 0.1) is 7.11 Å². The van der Waals surface area contributed by atoms with Gasteiger partial charge in [-0.25, -0.2) is 0 Å². The van der Waals surface area contributed by atoms with Gasteiger partial charge in [-0.15, -0.1) is 0 Å². The van der Waals surface area contributed by atoms with E-state index in [1.807, 2.05) is 6.07 Å². The van der Waals surface area contributed by atoms with E-state index in [1.165, 1.54) is 0 Å². The second-order valence-corrected chi connectivity index (χ2v) is 5.64. The lowest BCUT2D eigenvalue weighted by Gasteiger charge is -2.11. The number of ether oxygens (including phenoxy) is 1. The lowest BCUT2D eigenvalue weighted by molar-refractivity contribution is 0.414. The van der Waals surface area contributed by atoms with Crippen molar-refractivity contribution in [2.24, 2.45) is 0 Å². The first-order valence-electron chi connectivity index (χ1n) is 5.47. The van der Waals surface area contributed by atoms with E-state index in [0.717, 1.165) is 11.1 Å². The SMILES string of the molecule is COc1cc(Cl)c(Cc2ccc(Cl)cc2Cl)c(Cl)c1. The van der Waals surface area contributed by atoms with Crippen molar-refractivity contribution in [2.75, 3.05) is 7.11 Å². The third-order valence-electron chi connectivity index (χ3n) is 2.73. The van der Waals surface area contributed by atoms with E-state index in [0.29, 0.717) is 32.3 Å². The van der Waals surface area contributed by atoms with E-state index >= 15 is 0 Å². The normalized spacial score (nSPS) is 10.6. The van der Waals surface area contributed by atoms with E-state index in [9.17, 15) is 0 Å². The Hall–Kier alpha value is -0.600. The summed E-state index contributed by atoms with van der Waals surface area (Å²) in [6.45, 7) is 0. The second-order valence-electron chi connectivity index (χ2n) is 3.98. The van der Waals surface area contributed by atoms with Crippen LogP contribution >= 0.6 is 46.4 Å². The monoisotopic (exact) mass is 334 g/mol. The van der Waals surface area contributed by atoms with Crippen LogP contribution in [0.1, 0.15) is 11.1 Å². The molecule has 1 nitrogen and oxygen atoms in total. The van der Waals surface area contributed by atoms with E-state index in [4.69, 9.17) is 51.1 Å². The molecule has 0 heterocycles. The third-order valence-corrected chi connectivity index (χ3v) is 3.99. The molecule has 0 N–H and O–H groups in total. The minimum atomic E-state index is 0.539. The summed E-state index contributed by atoms with van der Waals surface area (Å²) < 4.78 is 5.11.